The number of carbonyl (C=O) groups excluding carboxylic acids is 1. The first-order valence-corrected chi connectivity index (χ1v) is 6.74. The third-order valence-electron chi connectivity index (χ3n) is 3.87. The minimum absolute atomic E-state index is 0.0663. The van der Waals surface area contributed by atoms with Gasteiger partial charge in [-0.3, -0.25) is 14.9 Å². The highest BCUT2D eigenvalue weighted by Gasteiger charge is 2.34. The molecule has 1 fully saturated rings. The molecule has 0 saturated heterocycles. The normalized spacial score (nSPS) is 16.9. The molecule has 1 aromatic carbocycles. The van der Waals surface area contributed by atoms with E-state index in [1.807, 2.05) is 0 Å². The van der Waals surface area contributed by atoms with Gasteiger partial charge in [-0.15, -0.1) is 0 Å². The first kappa shape index (κ1) is 14.5. The van der Waals surface area contributed by atoms with E-state index < -0.39 is 4.92 Å². The van der Waals surface area contributed by atoms with E-state index in [0.29, 0.717) is 17.7 Å². The molecule has 6 heteroatoms. The Morgan fingerprint density at radius 1 is 1.40 bits per heavy atom. The van der Waals surface area contributed by atoms with Crippen LogP contribution >= 0.6 is 0 Å². The van der Waals surface area contributed by atoms with Gasteiger partial charge in [0.05, 0.1) is 10.5 Å². The lowest BCUT2D eigenvalue weighted by atomic mass is 9.97. The lowest BCUT2D eigenvalue weighted by molar-refractivity contribution is -0.384. The topological polar surface area (TPSA) is 98.3 Å². The molecule has 20 heavy (non-hydrogen) atoms. The third-order valence-corrected chi connectivity index (χ3v) is 3.87. The van der Waals surface area contributed by atoms with Crippen molar-refractivity contribution in [3.05, 3.63) is 39.4 Å². The van der Waals surface area contributed by atoms with Crippen molar-refractivity contribution in [2.24, 2.45) is 5.73 Å². The van der Waals surface area contributed by atoms with Crippen LogP contribution in [-0.4, -0.2) is 22.9 Å². The molecule has 1 aliphatic rings. The zero-order chi connectivity index (χ0) is 14.8. The molecule has 0 unspecified atom stereocenters. The Kier molecular flexibility index (Phi) is 4.04. The summed E-state index contributed by atoms with van der Waals surface area (Å²) in [4.78, 5) is 22.7. The minimum Gasteiger partial charge on any atom is -0.345 e. The van der Waals surface area contributed by atoms with Crippen molar-refractivity contribution in [3.8, 4) is 0 Å². The van der Waals surface area contributed by atoms with Crippen molar-refractivity contribution in [2.75, 3.05) is 6.54 Å². The van der Waals surface area contributed by atoms with Crippen LogP contribution in [0, 0.1) is 17.0 Å². The predicted molar refractivity (Wildman–Crippen MR) is 75.6 cm³/mol. The second-order valence-corrected chi connectivity index (χ2v) is 5.46. The summed E-state index contributed by atoms with van der Waals surface area (Å²) in [6.07, 6.45) is 3.82. The van der Waals surface area contributed by atoms with Gasteiger partial charge in [0, 0.05) is 24.2 Å². The van der Waals surface area contributed by atoms with Gasteiger partial charge < -0.3 is 11.1 Å². The molecule has 6 nitrogen and oxygen atoms in total. The lowest BCUT2D eigenvalue weighted by Gasteiger charge is -2.28. The SMILES string of the molecule is Cc1cc(C(=O)NC2(CN)CCCC2)cc([N+](=O)[O-])c1. The van der Waals surface area contributed by atoms with Crippen LogP contribution in [0.15, 0.2) is 18.2 Å². The number of nitro groups is 1. The molecule has 0 bridgehead atoms. The summed E-state index contributed by atoms with van der Waals surface area (Å²) in [6, 6.07) is 4.41. The van der Waals surface area contributed by atoms with Gasteiger partial charge in [0.15, 0.2) is 0 Å². The number of amides is 1. The molecule has 0 heterocycles. The molecule has 0 spiro atoms. The van der Waals surface area contributed by atoms with Crippen molar-refractivity contribution >= 4 is 11.6 Å². The molecule has 108 valence electrons. The summed E-state index contributed by atoms with van der Waals surface area (Å²) in [5.74, 6) is -0.288. The Morgan fingerprint density at radius 2 is 2.05 bits per heavy atom. The first-order valence-electron chi connectivity index (χ1n) is 6.74. The van der Waals surface area contributed by atoms with Crippen LogP contribution in [-0.2, 0) is 0 Å². The highest BCUT2D eigenvalue weighted by atomic mass is 16.6. The highest BCUT2D eigenvalue weighted by molar-refractivity contribution is 5.95. The third kappa shape index (κ3) is 2.96. The number of carbonyl (C=O) groups is 1. The van der Waals surface area contributed by atoms with Crippen molar-refractivity contribution in [1.82, 2.24) is 5.32 Å². The van der Waals surface area contributed by atoms with Gasteiger partial charge in [-0.25, -0.2) is 0 Å². The number of nitrogens with two attached hydrogens (primary N) is 1. The maximum absolute atomic E-state index is 12.3. The van der Waals surface area contributed by atoms with Crippen molar-refractivity contribution < 1.29 is 9.72 Å². The number of nitro benzene ring substituents is 1. The largest absolute Gasteiger partial charge is 0.345 e. The second-order valence-electron chi connectivity index (χ2n) is 5.46. The van der Waals surface area contributed by atoms with E-state index >= 15 is 0 Å². The second kappa shape index (κ2) is 5.58. The number of aryl methyl sites for hydroxylation is 1. The van der Waals surface area contributed by atoms with Crippen LogP contribution in [0.1, 0.15) is 41.6 Å². The van der Waals surface area contributed by atoms with Crippen LogP contribution in [0.4, 0.5) is 5.69 Å². The van der Waals surface area contributed by atoms with Gasteiger partial charge in [0.25, 0.3) is 11.6 Å². The van der Waals surface area contributed by atoms with Crippen molar-refractivity contribution in [3.63, 3.8) is 0 Å². The van der Waals surface area contributed by atoms with Gasteiger partial charge >= 0.3 is 0 Å². The van der Waals surface area contributed by atoms with E-state index in [-0.39, 0.29) is 17.1 Å². The Labute approximate surface area is 117 Å². The highest BCUT2D eigenvalue weighted by Crippen LogP contribution is 2.29. The Hall–Kier alpha value is -1.95. The van der Waals surface area contributed by atoms with Crippen LogP contribution in [0.3, 0.4) is 0 Å². The maximum Gasteiger partial charge on any atom is 0.270 e. The number of hydrogen-bond acceptors (Lipinski definition) is 4. The molecular weight excluding hydrogens is 258 g/mol. The van der Waals surface area contributed by atoms with Gasteiger partial charge in [0.2, 0.25) is 0 Å². The molecule has 2 rings (SSSR count). The standard InChI is InChI=1S/C14H19N3O3/c1-10-6-11(8-12(7-10)17(19)20)13(18)16-14(9-15)4-2-3-5-14/h6-8H,2-5,9,15H2,1H3,(H,16,18). The quantitative estimate of drug-likeness (QED) is 0.648. The minimum atomic E-state index is -0.488. The lowest BCUT2D eigenvalue weighted by Crippen LogP contribution is -2.51. The molecule has 0 aliphatic heterocycles. The van der Waals surface area contributed by atoms with Gasteiger partial charge in [-0.1, -0.05) is 12.8 Å². The van der Waals surface area contributed by atoms with Gasteiger partial charge in [-0.2, -0.15) is 0 Å². The number of hydrogen-bond donors (Lipinski definition) is 2. The number of nitrogens with zero attached hydrogens (tertiary/aromatic N) is 1. The molecular formula is C14H19N3O3. The van der Waals surface area contributed by atoms with E-state index in [0.717, 1.165) is 25.7 Å². The van der Waals surface area contributed by atoms with E-state index in [1.165, 1.54) is 12.1 Å². The summed E-state index contributed by atoms with van der Waals surface area (Å²) in [7, 11) is 0. The molecule has 0 aromatic heterocycles. The van der Waals surface area contributed by atoms with Crippen LogP contribution in [0.2, 0.25) is 0 Å². The monoisotopic (exact) mass is 277 g/mol. The average Bonchev–Trinajstić information content (AvgIpc) is 2.87. The van der Waals surface area contributed by atoms with Crippen LogP contribution in [0.5, 0.6) is 0 Å². The molecule has 1 aromatic rings. The van der Waals surface area contributed by atoms with E-state index in [2.05, 4.69) is 5.32 Å². The number of non-ortho nitro benzene ring substituents is 1. The van der Waals surface area contributed by atoms with Crippen LogP contribution in [0.25, 0.3) is 0 Å². The summed E-state index contributed by atoms with van der Waals surface area (Å²) < 4.78 is 0. The molecule has 0 atom stereocenters. The average molecular weight is 277 g/mol. The van der Waals surface area contributed by atoms with E-state index in [1.54, 1.807) is 13.0 Å². The fourth-order valence-electron chi connectivity index (χ4n) is 2.74. The van der Waals surface area contributed by atoms with Gasteiger partial charge in [-0.05, 0) is 31.4 Å². The zero-order valence-corrected chi connectivity index (χ0v) is 11.5. The van der Waals surface area contributed by atoms with E-state index in [4.69, 9.17) is 5.73 Å². The fourth-order valence-corrected chi connectivity index (χ4v) is 2.74. The Bertz CT molecular complexity index is 536. The predicted octanol–water partition coefficient (Wildman–Crippen LogP) is 1.90. The molecule has 1 amide bonds. The fraction of sp³-hybridized carbons (Fsp3) is 0.500. The molecule has 3 N–H and O–H groups in total. The first-order chi connectivity index (χ1) is 9.46. The summed E-state index contributed by atoms with van der Waals surface area (Å²) in [5.41, 5.74) is 6.37. The number of rotatable bonds is 4. The van der Waals surface area contributed by atoms with Crippen molar-refractivity contribution in [2.45, 2.75) is 38.1 Å². The molecule has 1 aliphatic carbocycles. The van der Waals surface area contributed by atoms with Gasteiger partial charge in [0.1, 0.15) is 0 Å². The summed E-state index contributed by atoms with van der Waals surface area (Å²) in [5, 5.41) is 13.8. The van der Waals surface area contributed by atoms with E-state index in [9.17, 15) is 14.9 Å². The molecule has 0 radical (unpaired) electrons. The summed E-state index contributed by atoms with van der Waals surface area (Å²) >= 11 is 0. The van der Waals surface area contributed by atoms with Crippen molar-refractivity contribution in [1.29, 1.82) is 0 Å². The number of nitrogens with one attached hydrogen (secondary N) is 1. The summed E-state index contributed by atoms with van der Waals surface area (Å²) in [6.45, 7) is 2.13. The Balaban J connectivity index is 2.22. The smallest absolute Gasteiger partial charge is 0.270 e. The maximum atomic E-state index is 12.3. The number of benzene rings is 1. The van der Waals surface area contributed by atoms with Crippen LogP contribution < -0.4 is 11.1 Å². The molecule has 1 saturated carbocycles. The zero-order valence-electron chi connectivity index (χ0n) is 11.5. The Morgan fingerprint density at radius 3 is 2.60 bits per heavy atom.